The maximum absolute atomic E-state index is 13.2. The molecule has 1 aliphatic carbocycles. The van der Waals surface area contributed by atoms with Crippen LogP contribution in [0.15, 0.2) is 30.5 Å². The lowest BCUT2D eigenvalue weighted by Gasteiger charge is -2.30. The summed E-state index contributed by atoms with van der Waals surface area (Å²) in [7, 11) is 3.21. The zero-order valence-electron chi connectivity index (χ0n) is 18.8. The van der Waals surface area contributed by atoms with Crippen molar-refractivity contribution in [1.29, 1.82) is 0 Å². The lowest BCUT2D eigenvalue weighted by Crippen LogP contribution is -2.27. The second kappa shape index (κ2) is 8.25. The molecule has 3 heterocycles. The van der Waals surface area contributed by atoms with Gasteiger partial charge in [-0.2, -0.15) is 13.2 Å². The number of anilines is 4. The van der Waals surface area contributed by atoms with Crippen LogP contribution >= 0.6 is 0 Å². The van der Waals surface area contributed by atoms with Crippen LogP contribution in [0.5, 0.6) is 0 Å². The number of alkyl halides is 3. The SMILES string of the molecule is CNC(=O)c1cnc(NC(=O)C2CC2)cc1Nc1cccc2c1N(C)Cc1nc(C(F)(F)F)nn1-2. The van der Waals surface area contributed by atoms with Gasteiger partial charge in [0.15, 0.2) is 5.82 Å². The molecule has 0 atom stereocenters. The van der Waals surface area contributed by atoms with E-state index in [4.69, 9.17) is 0 Å². The Kier molecular flexibility index (Phi) is 5.33. The van der Waals surface area contributed by atoms with Gasteiger partial charge in [0.2, 0.25) is 5.91 Å². The summed E-state index contributed by atoms with van der Waals surface area (Å²) in [5.74, 6) is -1.33. The summed E-state index contributed by atoms with van der Waals surface area (Å²) in [6.45, 7) is 0.0934. The van der Waals surface area contributed by atoms with E-state index in [1.54, 1.807) is 36.2 Å². The van der Waals surface area contributed by atoms with Gasteiger partial charge in [0.25, 0.3) is 11.7 Å². The van der Waals surface area contributed by atoms with Crippen molar-refractivity contribution in [2.45, 2.75) is 25.6 Å². The second-order valence-electron chi connectivity index (χ2n) is 8.37. The summed E-state index contributed by atoms with van der Waals surface area (Å²) < 4.78 is 40.8. The van der Waals surface area contributed by atoms with Gasteiger partial charge in [-0.3, -0.25) is 9.59 Å². The summed E-state index contributed by atoms with van der Waals surface area (Å²) in [4.78, 5) is 34.3. The third-order valence-electron chi connectivity index (χ3n) is 5.78. The average Bonchev–Trinajstić information content (AvgIpc) is 3.57. The van der Waals surface area contributed by atoms with Crippen molar-refractivity contribution in [2.24, 2.45) is 5.92 Å². The van der Waals surface area contributed by atoms with E-state index in [2.05, 4.69) is 31.0 Å². The number of para-hydroxylation sites is 1. The standard InChI is InChI=1S/C22H21F3N8O2/c1-26-20(35)12-9-27-16(29-19(34)11-6-7-11)8-14(12)28-13-4-3-5-15-18(13)32(2)10-17-30-21(22(23,24)25)31-33(15)17/h3-5,8-9,11H,6-7,10H2,1-2H3,(H,26,35)(H2,27,28,29,34). The lowest BCUT2D eigenvalue weighted by atomic mass is 10.1. The fourth-order valence-corrected chi connectivity index (χ4v) is 3.92. The van der Waals surface area contributed by atoms with Crippen molar-refractivity contribution in [1.82, 2.24) is 25.1 Å². The number of aromatic nitrogens is 4. The van der Waals surface area contributed by atoms with Crippen LogP contribution in [0.1, 0.15) is 34.8 Å². The van der Waals surface area contributed by atoms with Gasteiger partial charge in [0.1, 0.15) is 5.82 Å². The predicted octanol–water partition coefficient (Wildman–Crippen LogP) is 3.08. The van der Waals surface area contributed by atoms with Crippen LogP contribution in [-0.4, -0.2) is 45.7 Å². The number of hydrogen-bond donors (Lipinski definition) is 3. The quantitative estimate of drug-likeness (QED) is 0.507. The first-order valence-electron chi connectivity index (χ1n) is 10.8. The summed E-state index contributed by atoms with van der Waals surface area (Å²) in [5.41, 5.74) is 2.10. The van der Waals surface area contributed by atoms with Gasteiger partial charge in [-0.25, -0.2) is 14.6 Å². The number of pyridine rings is 1. The molecule has 10 nitrogen and oxygen atoms in total. The van der Waals surface area contributed by atoms with Crippen molar-refractivity contribution in [3.63, 3.8) is 0 Å². The normalized spacial score (nSPS) is 14.7. The number of benzene rings is 1. The van der Waals surface area contributed by atoms with Gasteiger partial charge >= 0.3 is 6.18 Å². The van der Waals surface area contributed by atoms with Crippen molar-refractivity contribution in [2.75, 3.05) is 29.6 Å². The van der Waals surface area contributed by atoms with Crippen LogP contribution in [0.3, 0.4) is 0 Å². The third-order valence-corrected chi connectivity index (χ3v) is 5.78. The van der Waals surface area contributed by atoms with Gasteiger partial charge < -0.3 is 20.9 Å². The Hall–Kier alpha value is -4.16. The fraction of sp³-hybridized carbons (Fsp3) is 0.318. The summed E-state index contributed by atoms with van der Waals surface area (Å²) in [6.07, 6.45) is -1.65. The minimum atomic E-state index is -4.67. The van der Waals surface area contributed by atoms with Gasteiger partial charge in [0, 0.05) is 32.3 Å². The fourth-order valence-electron chi connectivity index (χ4n) is 3.92. The third kappa shape index (κ3) is 4.24. The van der Waals surface area contributed by atoms with E-state index in [-0.39, 0.29) is 35.6 Å². The highest BCUT2D eigenvalue weighted by Gasteiger charge is 2.39. The first-order valence-corrected chi connectivity index (χ1v) is 10.8. The number of rotatable bonds is 5. The Bertz CT molecular complexity index is 1330. The van der Waals surface area contributed by atoms with Gasteiger partial charge in [0.05, 0.1) is 34.9 Å². The van der Waals surface area contributed by atoms with E-state index in [0.29, 0.717) is 22.7 Å². The van der Waals surface area contributed by atoms with E-state index in [0.717, 1.165) is 12.8 Å². The Morgan fingerprint density at radius 3 is 2.63 bits per heavy atom. The van der Waals surface area contributed by atoms with Crippen LogP contribution in [-0.2, 0) is 17.5 Å². The molecule has 3 aromatic rings. The maximum Gasteiger partial charge on any atom is 0.453 e. The van der Waals surface area contributed by atoms with Crippen LogP contribution in [0, 0.1) is 5.92 Å². The Morgan fingerprint density at radius 2 is 1.94 bits per heavy atom. The minimum absolute atomic E-state index is 0.0277. The molecule has 2 aliphatic rings. The van der Waals surface area contributed by atoms with E-state index < -0.39 is 17.9 Å². The molecule has 1 aromatic carbocycles. The Morgan fingerprint density at radius 1 is 1.17 bits per heavy atom. The molecule has 35 heavy (non-hydrogen) atoms. The van der Waals surface area contributed by atoms with E-state index in [1.165, 1.54) is 17.9 Å². The molecule has 0 unspecified atom stereocenters. The molecule has 1 aliphatic heterocycles. The van der Waals surface area contributed by atoms with Crippen molar-refractivity contribution in [3.05, 3.63) is 47.7 Å². The zero-order chi connectivity index (χ0) is 24.9. The highest BCUT2D eigenvalue weighted by Crippen LogP contribution is 2.40. The molecule has 182 valence electrons. The Labute approximate surface area is 197 Å². The molecule has 2 aromatic heterocycles. The van der Waals surface area contributed by atoms with Gasteiger partial charge in [-0.05, 0) is 25.0 Å². The molecule has 2 amide bonds. The van der Waals surface area contributed by atoms with Gasteiger partial charge in [-0.15, -0.1) is 5.10 Å². The molecule has 3 N–H and O–H groups in total. The van der Waals surface area contributed by atoms with Gasteiger partial charge in [-0.1, -0.05) is 6.07 Å². The molecule has 1 saturated carbocycles. The van der Waals surface area contributed by atoms with E-state index in [1.807, 2.05) is 0 Å². The van der Waals surface area contributed by atoms with E-state index in [9.17, 15) is 22.8 Å². The number of nitrogens with one attached hydrogen (secondary N) is 3. The van der Waals surface area contributed by atoms with Crippen molar-refractivity contribution >= 4 is 34.7 Å². The second-order valence-corrected chi connectivity index (χ2v) is 8.37. The number of hydrogen-bond acceptors (Lipinski definition) is 7. The molecule has 0 radical (unpaired) electrons. The highest BCUT2D eigenvalue weighted by molar-refractivity contribution is 6.02. The number of fused-ring (bicyclic) bond motifs is 3. The monoisotopic (exact) mass is 486 g/mol. The zero-order valence-corrected chi connectivity index (χ0v) is 18.8. The van der Waals surface area contributed by atoms with Crippen LogP contribution in [0.4, 0.5) is 36.1 Å². The predicted molar refractivity (Wildman–Crippen MR) is 121 cm³/mol. The van der Waals surface area contributed by atoms with Crippen LogP contribution in [0.25, 0.3) is 5.69 Å². The molecule has 13 heteroatoms. The number of carbonyl (C=O) groups is 2. The van der Waals surface area contributed by atoms with Crippen molar-refractivity contribution in [3.8, 4) is 5.69 Å². The molecule has 0 spiro atoms. The number of halogens is 3. The summed E-state index contributed by atoms with van der Waals surface area (Å²) in [6, 6.07) is 6.59. The first-order chi connectivity index (χ1) is 16.7. The molecule has 5 rings (SSSR count). The average molecular weight is 486 g/mol. The highest BCUT2D eigenvalue weighted by atomic mass is 19.4. The minimum Gasteiger partial charge on any atom is -0.364 e. The maximum atomic E-state index is 13.2. The van der Waals surface area contributed by atoms with Crippen LogP contribution in [0.2, 0.25) is 0 Å². The summed E-state index contributed by atoms with van der Waals surface area (Å²) >= 11 is 0. The topological polar surface area (TPSA) is 117 Å². The number of nitrogens with zero attached hydrogens (tertiary/aromatic N) is 5. The molecule has 0 bridgehead atoms. The molecule has 0 saturated heterocycles. The largest absolute Gasteiger partial charge is 0.453 e. The molecular weight excluding hydrogens is 465 g/mol. The van der Waals surface area contributed by atoms with E-state index >= 15 is 0 Å². The molecular formula is C22H21F3N8O2. The summed E-state index contributed by atoms with van der Waals surface area (Å²) in [5, 5.41) is 12.2. The Balaban J connectivity index is 1.55. The lowest BCUT2D eigenvalue weighted by molar-refractivity contribution is -0.144. The van der Waals surface area contributed by atoms with Crippen molar-refractivity contribution < 1.29 is 22.8 Å². The number of amides is 2. The van der Waals surface area contributed by atoms with Crippen LogP contribution < -0.4 is 20.9 Å². The molecule has 1 fully saturated rings. The first kappa shape index (κ1) is 22.6. The number of carbonyl (C=O) groups excluding carboxylic acids is 2. The smallest absolute Gasteiger partial charge is 0.364 e.